The number of hydrogen-bond donors (Lipinski definition) is 2. The predicted molar refractivity (Wildman–Crippen MR) is 183 cm³/mol. The maximum atomic E-state index is 14.3. The first kappa shape index (κ1) is 35.4. The van der Waals surface area contributed by atoms with Crippen LogP contribution in [0.15, 0.2) is 41.1 Å². The first-order chi connectivity index (χ1) is 24.3. The summed E-state index contributed by atoms with van der Waals surface area (Å²) in [7, 11) is 0. The molecule has 2 aliphatic heterocycles. The molecule has 2 fully saturated rings. The number of benzene rings is 1. The van der Waals surface area contributed by atoms with Gasteiger partial charge in [-0.1, -0.05) is 12.5 Å². The SMILES string of the molecule is CCc1c(N2CCN(C(=O)c3ncnc(C)c3O)CC2)c(=O)c2nc(C=C3CCOCC3)cnc2n1CC(=O)Nc1ccc(C(F)(F)F)cc1C. The minimum Gasteiger partial charge on any atom is -0.504 e. The third-order valence-corrected chi connectivity index (χ3v) is 9.10. The fraction of sp³-hybridized carbons (Fsp3) is 0.400. The number of nitrogens with zero attached hydrogens (tertiary/aromatic N) is 7. The van der Waals surface area contributed by atoms with Crippen LogP contribution in [0.4, 0.5) is 24.5 Å². The second kappa shape index (κ2) is 14.5. The number of ether oxygens (including phenoxy) is 1. The van der Waals surface area contributed by atoms with E-state index in [1.165, 1.54) is 19.3 Å². The van der Waals surface area contributed by atoms with Crippen molar-refractivity contribution in [2.24, 2.45) is 0 Å². The molecule has 268 valence electrons. The molecule has 0 atom stereocenters. The number of carbonyl (C=O) groups excluding carboxylic acids is 2. The van der Waals surface area contributed by atoms with E-state index < -0.39 is 23.6 Å². The number of aromatic hydroxyl groups is 1. The van der Waals surface area contributed by atoms with Crippen molar-refractivity contribution < 1.29 is 32.6 Å². The Bertz CT molecular complexity index is 2080. The zero-order valence-corrected chi connectivity index (χ0v) is 28.4. The van der Waals surface area contributed by atoms with Gasteiger partial charge in [0.25, 0.3) is 5.91 Å². The van der Waals surface area contributed by atoms with Crippen molar-refractivity contribution >= 4 is 40.4 Å². The Balaban J connectivity index is 1.36. The fourth-order valence-electron chi connectivity index (χ4n) is 6.38. The highest BCUT2D eigenvalue weighted by atomic mass is 19.4. The van der Waals surface area contributed by atoms with Gasteiger partial charge in [-0.05, 0) is 62.9 Å². The lowest BCUT2D eigenvalue weighted by molar-refractivity contribution is -0.137. The van der Waals surface area contributed by atoms with Crippen molar-refractivity contribution in [3.8, 4) is 5.75 Å². The fourth-order valence-corrected chi connectivity index (χ4v) is 6.38. The molecule has 0 saturated carbocycles. The number of nitrogens with one attached hydrogen (secondary N) is 1. The van der Waals surface area contributed by atoms with Gasteiger partial charge < -0.3 is 29.5 Å². The standard InChI is InChI=1S/C35H37F3N8O5/c1-4-26-30(44-9-11-45(12-10-44)34(50)29-31(48)21(3)40-19-41-29)32(49)28-33(39-17-24(42-28)16-22-7-13-51-14-8-22)46(26)18-27(47)43-25-6-5-23(15-20(25)2)35(36,37)38/h5-6,15-17,19,48H,4,7-14,18H2,1-3H3,(H,43,47). The van der Waals surface area contributed by atoms with Gasteiger partial charge in [0.05, 0.1) is 36.4 Å². The Labute approximate surface area is 290 Å². The number of aryl methyl sites for hydroxylation is 2. The van der Waals surface area contributed by atoms with Gasteiger partial charge in [-0.2, -0.15) is 13.2 Å². The molecule has 1 aromatic carbocycles. The molecule has 0 unspecified atom stereocenters. The third-order valence-electron chi connectivity index (χ3n) is 9.10. The molecule has 0 radical (unpaired) electrons. The van der Waals surface area contributed by atoms with Crippen LogP contribution in [0.3, 0.4) is 0 Å². The maximum absolute atomic E-state index is 14.3. The predicted octanol–water partition coefficient (Wildman–Crippen LogP) is 4.28. The Morgan fingerprint density at radius 1 is 1.06 bits per heavy atom. The molecule has 51 heavy (non-hydrogen) atoms. The van der Waals surface area contributed by atoms with Gasteiger partial charge in [0.15, 0.2) is 22.6 Å². The smallest absolute Gasteiger partial charge is 0.416 e. The monoisotopic (exact) mass is 706 g/mol. The summed E-state index contributed by atoms with van der Waals surface area (Å²) in [5, 5.41) is 13.1. The number of aromatic nitrogens is 5. The van der Waals surface area contributed by atoms with Crippen LogP contribution in [0.1, 0.15) is 58.5 Å². The highest BCUT2D eigenvalue weighted by Gasteiger charge is 2.32. The highest BCUT2D eigenvalue weighted by molar-refractivity contribution is 5.95. The van der Waals surface area contributed by atoms with E-state index in [1.54, 1.807) is 22.6 Å². The molecule has 2 amide bonds. The minimum atomic E-state index is -4.53. The number of alkyl halides is 3. The van der Waals surface area contributed by atoms with Crippen LogP contribution in [0.5, 0.6) is 5.75 Å². The largest absolute Gasteiger partial charge is 0.504 e. The molecular formula is C35H37F3N8O5. The molecule has 6 rings (SSSR count). The molecule has 13 nitrogen and oxygen atoms in total. The first-order valence-corrected chi connectivity index (χ1v) is 16.6. The summed E-state index contributed by atoms with van der Waals surface area (Å²) in [4.78, 5) is 61.8. The summed E-state index contributed by atoms with van der Waals surface area (Å²) >= 11 is 0. The summed E-state index contributed by atoms with van der Waals surface area (Å²) in [5.41, 5.74) is 2.12. The van der Waals surface area contributed by atoms with E-state index >= 15 is 0 Å². The minimum absolute atomic E-state index is 0.0574. The van der Waals surface area contributed by atoms with E-state index in [-0.39, 0.29) is 77.7 Å². The van der Waals surface area contributed by atoms with E-state index in [0.717, 1.165) is 30.5 Å². The molecule has 0 bridgehead atoms. The van der Waals surface area contributed by atoms with Crippen molar-refractivity contribution in [1.29, 1.82) is 0 Å². The van der Waals surface area contributed by atoms with Gasteiger partial charge in [0.2, 0.25) is 11.3 Å². The van der Waals surface area contributed by atoms with Crippen molar-refractivity contribution in [2.75, 3.05) is 49.6 Å². The zero-order chi connectivity index (χ0) is 36.4. The van der Waals surface area contributed by atoms with Crippen LogP contribution in [0.25, 0.3) is 17.2 Å². The average Bonchev–Trinajstić information content (AvgIpc) is 3.11. The van der Waals surface area contributed by atoms with E-state index in [0.29, 0.717) is 36.7 Å². The number of fused-ring (bicyclic) bond motifs is 1. The van der Waals surface area contributed by atoms with Gasteiger partial charge >= 0.3 is 6.18 Å². The number of hydrogen-bond acceptors (Lipinski definition) is 10. The first-order valence-electron chi connectivity index (χ1n) is 16.6. The van der Waals surface area contributed by atoms with Gasteiger partial charge in [-0.25, -0.2) is 19.9 Å². The van der Waals surface area contributed by atoms with E-state index in [9.17, 15) is 32.7 Å². The number of pyridine rings is 1. The molecule has 0 aliphatic carbocycles. The number of amides is 2. The van der Waals surface area contributed by atoms with Crippen LogP contribution in [-0.4, -0.2) is 85.7 Å². The Kier molecular flexibility index (Phi) is 10.1. The molecule has 5 heterocycles. The number of anilines is 2. The van der Waals surface area contributed by atoms with Crippen LogP contribution in [0.2, 0.25) is 0 Å². The zero-order valence-electron chi connectivity index (χ0n) is 28.4. The second-order valence-corrected chi connectivity index (χ2v) is 12.5. The third kappa shape index (κ3) is 7.41. The Hall–Kier alpha value is -5.38. The van der Waals surface area contributed by atoms with Crippen molar-refractivity contribution in [3.05, 3.63) is 80.4 Å². The Morgan fingerprint density at radius 3 is 2.45 bits per heavy atom. The maximum Gasteiger partial charge on any atom is 0.416 e. The van der Waals surface area contributed by atoms with Crippen LogP contribution in [-0.2, 0) is 28.7 Å². The number of halogens is 3. The number of rotatable bonds is 7. The van der Waals surface area contributed by atoms with Gasteiger partial charge in [-0.3, -0.25) is 14.4 Å². The lowest BCUT2D eigenvalue weighted by Gasteiger charge is -2.37. The number of carbonyl (C=O) groups is 2. The number of piperazine rings is 1. The Morgan fingerprint density at radius 2 is 1.78 bits per heavy atom. The second-order valence-electron chi connectivity index (χ2n) is 12.5. The van der Waals surface area contributed by atoms with Crippen LogP contribution < -0.4 is 15.6 Å². The molecule has 2 N–H and O–H groups in total. The van der Waals surface area contributed by atoms with E-state index in [4.69, 9.17) is 9.72 Å². The molecule has 4 aromatic rings. The lowest BCUT2D eigenvalue weighted by Crippen LogP contribution is -2.50. The molecule has 2 aliphatic rings. The van der Waals surface area contributed by atoms with E-state index in [2.05, 4.69) is 20.3 Å². The van der Waals surface area contributed by atoms with Crippen molar-refractivity contribution in [1.82, 2.24) is 29.4 Å². The summed E-state index contributed by atoms with van der Waals surface area (Å²) in [6.07, 6.45) is 1.90. The summed E-state index contributed by atoms with van der Waals surface area (Å²) in [5.74, 6) is -1.28. The average molecular weight is 707 g/mol. The van der Waals surface area contributed by atoms with Crippen LogP contribution in [0, 0.1) is 13.8 Å². The summed E-state index contributed by atoms with van der Waals surface area (Å²) in [6.45, 7) is 6.72. The van der Waals surface area contributed by atoms with Crippen molar-refractivity contribution in [2.45, 2.75) is 52.8 Å². The van der Waals surface area contributed by atoms with Crippen LogP contribution >= 0.6 is 0 Å². The summed E-state index contributed by atoms with van der Waals surface area (Å²) in [6, 6.07) is 3.09. The van der Waals surface area contributed by atoms with Crippen molar-refractivity contribution in [3.63, 3.8) is 0 Å². The van der Waals surface area contributed by atoms with Gasteiger partial charge in [-0.15, -0.1) is 0 Å². The van der Waals surface area contributed by atoms with Gasteiger partial charge in [0, 0.05) is 37.6 Å². The highest BCUT2D eigenvalue weighted by Crippen LogP contribution is 2.32. The molecular weight excluding hydrogens is 669 g/mol. The molecule has 16 heteroatoms. The topological polar surface area (TPSA) is 156 Å². The molecule has 0 spiro atoms. The molecule has 2 saturated heterocycles. The van der Waals surface area contributed by atoms with E-state index in [1.807, 2.05) is 17.9 Å². The summed E-state index contributed by atoms with van der Waals surface area (Å²) < 4.78 is 46.8. The van der Waals surface area contributed by atoms with Gasteiger partial charge in [0.1, 0.15) is 18.6 Å². The normalized spacial score (nSPS) is 15.3. The molecule has 3 aromatic heterocycles. The lowest BCUT2D eigenvalue weighted by atomic mass is 10.1. The quantitative estimate of drug-likeness (QED) is 0.285.